The molecule has 10 bridgehead atoms. The van der Waals surface area contributed by atoms with Crippen LogP contribution < -0.4 is 31.9 Å². The standard InChI is InChI=1S/C55H59N13O12S6/c1-27(2)40-54-68-43(36(86-54)22-77-6)47(73)57-21-39(70)65-44(45(71)29-10-8-7-9-11-29)53-62-35(25-83-53)51-60-33(23-82-51)42-30(12-13-31(58-42)50-63-37(26-84-50)64-55(75)80-19-18-79-17-16-78-15-14-76-5)49-61-34(24-81-49)46(72)59-32(20-38(69)56-4)52-67-41(28(3)85-52)48(74)66-40/h7-13,23-27,32,40,44-45,71H,14-22H2,1-6H3,(H,56,69)(H,57,73)(H,59,72)(H,64,75)(H,65,70)(H,66,74)/t32-,40+,44-,45-/m0/s1. The number of pyridine rings is 1. The van der Waals surface area contributed by atoms with E-state index in [9.17, 15) is 33.9 Å². The number of rotatable bonds is 18. The lowest BCUT2D eigenvalue weighted by molar-refractivity contribution is -0.122. The van der Waals surface area contributed by atoms with Crippen LogP contribution in [0.4, 0.5) is 10.6 Å². The van der Waals surface area contributed by atoms with Crippen LogP contribution in [0.2, 0.25) is 0 Å². The molecular formula is C55H59N13O12S6. The third-order valence-electron chi connectivity index (χ3n) is 12.7. The van der Waals surface area contributed by atoms with E-state index in [1.807, 2.05) is 13.8 Å². The van der Waals surface area contributed by atoms with Gasteiger partial charge in [-0.15, -0.1) is 68.0 Å². The number of amides is 6. The molecule has 9 rings (SSSR count). The van der Waals surface area contributed by atoms with Gasteiger partial charge in [-0.05, 0) is 30.5 Å². The highest BCUT2D eigenvalue weighted by atomic mass is 32.1. The highest BCUT2D eigenvalue weighted by Crippen LogP contribution is 2.40. The number of anilines is 1. The molecule has 25 nitrogen and oxygen atoms in total. The Labute approximate surface area is 516 Å². The number of aliphatic hydroxyl groups is 1. The molecule has 0 spiro atoms. The third kappa shape index (κ3) is 15.8. The van der Waals surface area contributed by atoms with E-state index in [2.05, 4.69) is 36.9 Å². The molecule has 8 aromatic rings. The van der Waals surface area contributed by atoms with Crippen LogP contribution in [0.15, 0.2) is 64.0 Å². The Morgan fingerprint density at radius 3 is 2.10 bits per heavy atom. The molecule has 1 aromatic carbocycles. The lowest BCUT2D eigenvalue weighted by Gasteiger charge is -2.23. The van der Waals surface area contributed by atoms with E-state index in [-0.39, 0.29) is 60.1 Å². The van der Waals surface area contributed by atoms with E-state index < -0.39 is 66.4 Å². The molecule has 86 heavy (non-hydrogen) atoms. The van der Waals surface area contributed by atoms with Crippen molar-refractivity contribution in [1.82, 2.24) is 61.5 Å². The number of thiazole rings is 6. The molecule has 0 unspecified atom stereocenters. The first-order valence-electron chi connectivity index (χ1n) is 26.6. The number of ether oxygens (including phenoxy) is 5. The van der Waals surface area contributed by atoms with Gasteiger partial charge in [0.1, 0.15) is 88.8 Å². The minimum atomic E-state index is -1.28. The second kappa shape index (κ2) is 29.8. The van der Waals surface area contributed by atoms with Crippen LogP contribution in [0.25, 0.3) is 43.4 Å². The Bertz CT molecular complexity index is 3670. The summed E-state index contributed by atoms with van der Waals surface area (Å²) in [5.41, 5.74) is 2.68. The average Bonchev–Trinajstić information content (AvgIpc) is 2.21. The fourth-order valence-electron chi connectivity index (χ4n) is 8.44. The van der Waals surface area contributed by atoms with Crippen molar-refractivity contribution in [2.75, 3.05) is 72.8 Å². The van der Waals surface area contributed by atoms with Crippen LogP contribution in [0.1, 0.15) is 106 Å². The van der Waals surface area contributed by atoms with Crippen LogP contribution in [0.5, 0.6) is 0 Å². The first kappa shape index (κ1) is 63.1. The Morgan fingerprint density at radius 2 is 1.35 bits per heavy atom. The minimum Gasteiger partial charge on any atom is -0.447 e. The molecule has 0 radical (unpaired) electrons. The molecule has 6 amide bonds. The highest BCUT2D eigenvalue weighted by molar-refractivity contribution is 7.15. The monoisotopic (exact) mass is 1290 g/mol. The quantitative estimate of drug-likeness (QED) is 0.0408. The number of methoxy groups -OCH3 is 2. The molecule has 452 valence electrons. The molecule has 1 aliphatic heterocycles. The van der Waals surface area contributed by atoms with Gasteiger partial charge < -0.3 is 55.4 Å². The van der Waals surface area contributed by atoms with Crippen LogP contribution in [-0.4, -0.2) is 143 Å². The van der Waals surface area contributed by atoms with Gasteiger partial charge in [0.2, 0.25) is 11.8 Å². The van der Waals surface area contributed by atoms with Gasteiger partial charge >= 0.3 is 6.09 Å². The largest absolute Gasteiger partial charge is 0.447 e. The van der Waals surface area contributed by atoms with Gasteiger partial charge in [-0.1, -0.05) is 44.2 Å². The van der Waals surface area contributed by atoms with E-state index >= 15 is 0 Å². The fraction of sp³-hybridized carbons (Fsp3) is 0.364. The van der Waals surface area contributed by atoms with E-state index in [1.54, 1.807) is 78.0 Å². The molecule has 7 aromatic heterocycles. The zero-order valence-electron chi connectivity index (χ0n) is 47.1. The molecule has 0 saturated carbocycles. The van der Waals surface area contributed by atoms with Crippen molar-refractivity contribution in [3.63, 3.8) is 0 Å². The Balaban J connectivity index is 1.06. The summed E-state index contributed by atoms with van der Waals surface area (Å²) in [7, 11) is 4.53. The normalized spacial score (nSPS) is 16.2. The molecule has 1 aliphatic rings. The zero-order valence-corrected chi connectivity index (χ0v) is 52.0. The van der Waals surface area contributed by atoms with Gasteiger partial charge in [-0.2, -0.15) is 0 Å². The van der Waals surface area contributed by atoms with E-state index in [4.69, 9.17) is 53.6 Å². The summed E-state index contributed by atoms with van der Waals surface area (Å²) in [5.74, 6) is -2.91. The van der Waals surface area contributed by atoms with E-state index in [0.717, 1.165) is 11.3 Å². The number of nitrogens with one attached hydrogen (secondary N) is 6. The summed E-state index contributed by atoms with van der Waals surface area (Å²) < 4.78 is 26.5. The summed E-state index contributed by atoms with van der Waals surface area (Å²) in [6, 6.07) is 9.48. The fourth-order valence-corrected chi connectivity index (χ4v) is 13.9. The SMILES string of the molecule is CNC(=O)C[C@@H]1NC(=O)c2csc(n2)-c2ccc(-c3nc(NC(=O)OCCOCCOCCOC)cs3)nc2-c2csc(n2)-c2csc(n2)[C@H]([C@@H](O)c2ccccc2)NC(=O)CNC(=O)c2nc(sc2COC)[C@@H](C(C)C)NC(=O)c2nc1sc2C. The Morgan fingerprint density at radius 1 is 0.651 bits per heavy atom. The van der Waals surface area contributed by atoms with Crippen LogP contribution in [0, 0.1) is 12.8 Å². The summed E-state index contributed by atoms with van der Waals surface area (Å²) in [5, 5.41) is 37.7. The van der Waals surface area contributed by atoms with Crippen molar-refractivity contribution in [1.29, 1.82) is 0 Å². The zero-order chi connectivity index (χ0) is 60.9. The Hall–Kier alpha value is -7.43. The lowest BCUT2D eigenvalue weighted by atomic mass is 10.0. The highest BCUT2D eigenvalue weighted by Gasteiger charge is 2.33. The number of benzene rings is 1. The number of aromatic nitrogens is 7. The number of nitrogens with zero attached hydrogens (tertiary/aromatic N) is 7. The second-order valence-corrected chi connectivity index (χ2v) is 25.0. The number of fused-ring (bicyclic) bond motifs is 14. The van der Waals surface area contributed by atoms with E-state index in [0.29, 0.717) is 95.1 Å². The number of carbonyl (C=O) groups excluding carboxylic acids is 6. The molecule has 4 atom stereocenters. The van der Waals surface area contributed by atoms with Crippen molar-refractivity contribution in [3.05, 3.63) is 111 Å². The second-order valence-electron chi connectivity index (χ2n) is 19.2. The molecule has 31 heteroatoms. The van der Waals surface area contributed by atoms with Crippen molar-refractivity contribution in [2.45, 2.75) is 58.0 Å². The topological polar surface area (TPSA) is 331 Å². The van der Waals surface area contributed by atoms with Crippen LogP contribution >= 0.6 is 68.0 Å². The Kier molecular flexibility index (Phi) is 21.8. The maximum atomic E-state index is 14.3. The maximum absolute atomic E-state index is 14.3. The van der Waals surface area contributed by atoms with Crippen molar-refractivity contribution < 1.29 is 57.6 Å². The van der Waals surface area contributed by atoms with Gasteiger partial charge in [0.15, 0.2) is 0 Å². The first-order chi connectivity index (χ1) is 41.6. The number of aliphatic hydroxyl groups excluding tert-OH is 1. The minimum absolute atomic E-state index is 0.00153. The number of aryl methyl sites for hydroxylation is 1. The summed E-state index contributed by atoms with van der Waals surface area (Å²) in [4.78, 5) is 117. The molecular weight excluding hydrogens is 1230 g/mol. The van der Waals surface area contributed by atoms with Crippen LogP contribution in [0.3, 0.4) is 0 Å². The summed E-state index contributed by atoms with van der Waals surface area (Å²) >= 11 is 7.16. The predicted octanol–water partition coefficient (Wildman–Crippen LogP) is 7.54. The first-order valence-corrected chi connectivity index (χ1v) is 31.8. The van der Waals surface area contributed by atoms with Gasteiger partial charge in [-0.3, -0.25) is 29.3 Å². The van der Waals surface area contributed by atoms with Gasteiger partial charge in [-0.25, -0.2) is 39.7 Å². The van der Waals surface area contributed by atoms with Gasteiger partial charge in [0.25, 0.3) is 17.7 Å². The van der Waals surface area contributed by atoms with Crippen LogP contribution in [-0.2, 0) is 39.9 Å². The van der Waals surface area contributed by atoms with Gasteiger partial charge in [0, 0.05) is 53.2 Å². The van der Waals surface area contributed by atoms with Gasteiger partial charge in [0.05, 0.1) is 75.3 Å². The lowest BCUT2D eigenvalue weighted by Crippen LogP contribution is -2.40. The van der Waals surface area contributed by atoms with Crippen molar-refractivity contribution in [3.8, 4) is 43.4 Å². The number of hydrogen-bond acceptors (Lipinski definition) is 25. The van der Waals surface area contributed by atoms with Crippen molar-refractivity contribution >= 4 is 109 Å². The summed E-state index contributed by atoms with van der Waals surface area (Å²) in [6.45, 7) is 6.72. The van der Waals surface area contributed by atoms with E-state index in [1.165, 1.54) is 70.8 Å². The maximum Gasteiger partial charge on any atom is 0.412 e. The molecule has 0 aliphatic carbocycles. The summed E-state index contributed by atoms with van der Waals surface area (Å²) in [6.07, 6.45) is -2.23. The predicted molar refractivity (Wildman–Crippen MR) is 325 cm³/mol. The molecule has 0 fully saturated rings. The number of carbonyl (C=O) groups is 6. The molecule has 0 saturated heterocycles. The smallest absolute Gasteiger partial charge is 0.412 e. The number of hydrogen-bond donors (Lipinski definition) is 7. The van der Waals surface area contributed by atoms with Crippen molar-refractivity contribution in [2.24, 2.45) is 5.92 Å². The third-order valence-corrected chi connectivity index (χ3v) is 18.5. The molecule has 8 heterocycles. The molecule has 7 N–H and O–H groups in total. The average molecular weight is 1290 g/mol.